The molecule has 2 heterocycles. The van der Waals surface area contributed by atoms with Crippen molar-refractivity contribution < 1.29 is 9.21 Å². The second kappa shape index (κ2) is 8.77. The molecule has 152 valence electrons. The Morgan fingerprint density at radius 3 is 2.90 bits per heavy atom. The number of carbonyl (C=O) groups is 1. The van der Waals surface area contributed by atoms with E-state index in [1.807, 2.05) is 47.9 Å². The molecule has 0 radical (unpaired) electrons. The molecule has 4 aromatic rings. The number of aryl methyl sites for hydroxylation is 1. The summed E-state index contributed by atoms with van der Waals surface area (Å²) in [6.07, 6.45) is 1.76. The van der Waals surface area contributed by atoms with Crippen LogP contribution in [0.3, 0.4) is 0 Å². The van der Waals surface area contributed by atoms with Gasteiger partial charge in [0.1, 0.15) is 5.58 Å². The van der Waals surface area contributed by atoms with E-state index in [9.17, 15) is 4.79 Å². The first-order chi connectivity index (χ1) is 14.5. The maximum absolute atomic E-state index is 12.4. The number of amides is 1. The number of thioether (sulfide) groups is 1. The largest absolute Gasteiger partial charge is 0.453 e. The third-order valence-electron chi connectivity index (χ3n) is 4.48. The monoisotopic (exact) mass is 438 g/mol. The lowest BCUT2D eigenvalue weighted by Crippen LogP contribution is -2.15. The summed E-state index contributed by atoms with van der Waals surface area (Å²) in [5.74, 6) is 1.25. The van der Waals surface area contributed by atoms with Gasteiger partial charge in [-0.05, 0) is 36.8 Å². The highest BCUT2D eigenvalue weighted by Gasteiger charge is 2.18. The maximum Gasteiger partial charge on any atom is 0.234 e. The molecule has 8 heteroatoms. The van der Waals surface area contributed by atoms with Crippen LogP contribution in [0, 0.1) is 6.92 Å². The van der Waals surface area contributed by atoms with Gasteiger partial charge in [-0.3, -0.25) is 9.36 Å². The van der Waals surface area contributed by atoms with E-state index in [1.54, 1.807) is 18.2 Å². The molecule has 0 atom stereocenters. The maximum atomic E-state index is 12.4. The number of rotatable bonds is 7. The Bertz CT molecular complexity index is 1200. The lowest BCUT2D eigenvalue weighted by Gasteiger charge is -2.09. The Morgan fingerprint density at radius 2 is 2.10 bits per heavy atom. The molecule has 6 nitrogen and oxygen atoms in total. The number of nitrogens with zero attached hydrogens (tertiary/aromatic N) is 3. The first-order valence-corrected chi connectivity index (χ1v) is 10.6. The van der Waals surface area contributed by atoms with Crippen LogP contribution in [0.4, 0.5) is 5.69 Å². The molecule has 0 bridgehead atoms. The molecule has 0 aliphatic carbocycles. The predicted octanol–water partition coefficient (Wildman–Crippen LogP) is 5.57. The van der Waals surface area contributed by atoms with Gasteiger partial charge in [0.2, 0.25) is 11.7 Å². The summed E-state index contributed by atoms with van der Waals surface area (Å²) >= 11 is 7.32. The molecule has 0 aliphatic rings. The lowest BCUT2D eigenvalue weighted by molar-refractivity contribution is -0.113. The van der Waals surface area contributed by atoms with Gasteiger partial charge in [-0.1, -0.05) is 53.7 Å². The fourth-order valence-electron chi connectivity index (χ4n) is 3.01. The highest BCUT2D eigenvalue weighted by molar-refractivity contribution is 7.99. The Hall–Kier alpha value is -3.03. The van der Waals surface area contributed by atoms with Crippen LogP contribution in [0.15, 0.2) is 70.8 Å². The molecule has 1 N–H and O–H groups in total. The first-order valence-electron chi connectivity index (χ1n) is 9.27. The third-order valence-corrected chi connectivity index (χ3v) is 5.68. The van der Waals surface area contributed by atoms with E-state index in [1.165, 1.54) is 11.8 Å². The van der Waals surface area contributed by atoms with Crippen LogP contribution in [0.25, 0.3) is 22.6 Å². The molecule has 2 aromatic carbocycles. The quantitative estimate of drug-likeness (QED) is 0.301. The molecule has 0 aliphatic heterocycles. The molecule has 2 aromatic heterocycles. The number of anilines is 1. The van der Waals surface area contributed by atoms with Gasteiger partial charge in [-0.2, -0.15) is 0 Å². The highest BCUT2D eigenvalue weighted by Crippen LogP contribution is 2.29. The van der Waals surface area contributed by atoms with Crippen LogP contribution >= 0.6 is 23.4 Å². The molecule has 30 heavy (non-hydrogen) atoms. The van der Waals surface area contributed by atoms with Gasteiger partial charge in [0.25, 0.3) is 0 Å². The summed E-state index contributed by atoms with van der Waals surface area (Å²) in [6, 6.07) is 15.1. The Balaban J connectivity index is 1.52. The van der Waals surface area contributed by atoms with Crippen LogP contribution in [0.5, 0.6) is 0 Å². The average molecular weight is 439 g/mol. The van der Waals surface area contributed by atoms with Crippen LogP contribution in [0.2, 0.25) is 5.02 Å². The molecule has 0 spiro atoms. The smallest absolute Gasteiger partial charge is 0.234 e. The van der Waals surface area contributed by atoms with E-state index in [0.29, 0.717) is 34.0 Å². The van der Waals surface area contributed by atoms with Crippen molar-refractivity contribution in [3.8, 4) is 11.6 Å². The van der Waals surface area contributed by atoms with E-state index in [2.05, 4.69) is 22.1 Å². The van der Waals surface area contributed by atoms with Crippen molar-refractivity contribution in [2.45, 2.75) is 18.6 Å². The van der Waals surface area contributed by atoms with Gasteiger partial charge in [-0.25, -0.2) is 0 Å². The summed E-state index contributed by atoms with van der Waals surface area (Å²) in [5, 5.41) is 13.6. The first kappa shape index (κ1) is 20.3. The Kier molecular flexibility index (Phi) is 5.92. The van der Waals surface area contributed by atoms with Gasteiger partial charge in [-0.15, -0.1) is 16.8 Å². The van der Waals surface area contributed by atoms with Crippen LogP contribution in [-0.2, 0) is 11.3 Å². The number of carbonyl (C=O) groups excluding carboxylic acids is 1. The normalized spacial score (nSPS) is 11.0. The summed E-state index contributed by atoms with van der Waals surface area (Å²) in [7, 11) is 0. The number of nitrogens with one attached hydrogen (secondary N) is 1. The van der Waals surface area contributed by atoms with Crippen molar-refractivity contribution in [1.29, 1.82) is 0 Å². The molecular weight excluding hydrogens is 420 g/mol. The van der Waals surface area contributed by atoms with Crippen LogP contribution in [-0.4, -0.2) is 26.4 Å². The van der Waals surface area contributed by atoms with Crippen molar-refractivity contribution in [3.63, 3.8) is 0 Å². The highest BCUT2D eigenvalue weighted by atomic mass is 35.5. The van der Waals surface area contributed by atoms with Gasteiger partial charge >= 0.3 is 0 Å². The standard InChI is InChI=1S/C22H19ClN4O2S/c1-3-10-27-21(19-11-15-6-4-5-7-18(15)29-19)25-26-22(27)30-13-20(28)24-17-12-16(23)9-8-14(17)2/h3-9,11-12H,1,10,13H2,2H3,(H,24,28). The summed E-state index contributed by atoms with van der Waals surface area (Å²) in [5.41, 5.74) is 2.43. The number of para-hydroxylation sites is 1. The number of benzene rings is 2. The number of hydrogen-bond donors (Lipinski definition) is 1. The molecule has 0 fully saturated rings. The van der Waals surface area contributed by atoms with E-state index in [4.69, 9.17) is 16.0 Å². The van der Waals surface area contributed by atoms with E-state index >= 15 is 0 Å². The van der Waals surface area contributed by atoms with E-state index in [0.717, 1.165) is 16.5 Å². The molecular formula is C22H19ClN4O2S. The number of allylic oxidation sites excluding steroid dienone is 1. The summed E-state index contributed by atoms with van der Waals surface area (Å²) < 4.78 is 7.81. The number of furan rings is 1. The number of aromatic nitrogens is 3. The molecule has 0 saturated carbocycles. The van der Waals surface area contributed by atoms with Crippen LogP contribution < -0.4 is 5.32 Å². The van der Waals surface area contributed by atoms with Crippen molar-refractivity contribution >= 4 is 45.9 Å². The van der Waals surface area contributed by atoms with Gasteiger partial charge in [0.05, 0.1) is 5.75 Å². The van der Waals surface area contributed by atoms with Gasteiger partial charge in [0, 0.05) is 22.6 Å². The van der Waals surface area contributed by atoms with Crippen molar-refractivity contribution in [3.05, 3.63) is 71.8 Å². The average Bonchev–Trinajstić information content (AvgIpc) is 3.33. The number of hydrogen-bond acceptors (Lipinski definition) is 5. The Labute approximate surface area is 182 Å². The summed E-state index contributed by atoms with van der Waals surface area (Å²) in [6.45, 7) is 6.23. The minimum atomic E-state index is -0.149. The van der Waals surface area contributed by atoms with Crippen molar-refractivity contribution in [2.24, 2.45) is 0 Å². The zero-order chi connectivity index (χ0) is 21.1. The van der Waals surface area contributed by atoms with Crippen molar-refractivity contribution in [2.75, 3.05) is 11.1 Å². The topological polar surface area (TPSA) is 73.0 Å². The second-order valence-corrected chi connectivity index (χ2v) is 8.03. The molecule has 1 amide bonds. The second-order valence-electron chi connectivity index (χ2n) is 6.65. The van der Waals surface area contributed by atoms with E-state index in [-0.39, 0.29) is 11.7 Å². The van der Waals surface area contributed by atoms with E-state index < -0.39 is 0 Å². The molecule has 4 rings (SSSR count). The fourth-order valence-corrected chi connectivity index (χ4v) is 3.93. The predicted molar refractivity (Wildman–Crippen MR) is 121 cm³/mol. The zero-order valence-corrected chi connectivity index (χ0v) is 17.8. The van der Waals surface area contributed by atoms with Gasteiger partial charge in [0.15, 0.2) is 10.9 Å². The SMILES string of the molecule is C=CCn1c(SCC(=O)Nc2cc(Cl)ccc2C)nnc1-c1cc2ccccc2o1. The zero-order valence-electron chi connectivity index (χ0n) is 16.3. The van der Waals surface area contributed by atoms with Gasteiger partial charge < -0.3 is 9.73 Å². The lowest BCUT2D eigenvalue weighted by atomic mass is 10.2. The number of halogens is 1. The third kappa shape index (κ3) is 4.27. The Morgan fingerprint density at radius 1 is 1.27 bits per heavy atom. The minimum absolute atomic E-state index is 0.149. The number of fused-ring (bicyclic) bond motifs is 1. The fraction of sp³-hybridized carbons (Fsp3) is 0.136. The molecule has 0 saturated heterocycles. The molecule has 0 unspecified atom stereocenters. The minimum Gasteiger partial charge on any atom is -0.453 e. The van der Waals surface area contributed by atoms with Crippen molar-refractivity contribution in [1.82, 2.24) is 14.8 Å². The summed E-state index contributed by atoms with van der Waals surface area (Å²) in [4.78, 5) is 12.4. The van der Waals surface area contributed by atoms with Crippen LogP contribution in [0.1, 0.15) is 5.56 Å².